The van der Waals surface area contributed by atoms with Gasteiger partial charge in [-0.3, -0.25) is 4.90 Å². The highest BCUT2D eigenvalue weighted by atomic mass is 32.1. The van der Waals surface area contributed by atoms with E-state index in [9.17, 15) is 0 Å². The lowest BCUT2D eigenvalue weighted by atomic mass is 10.00. The third-order valence-electron chi connectivity index (χ3n) is 4.49. The maximum atomic E-state index is 5.94. The largest absolute Gasteiger partial charge is 0.330 e. The van der Waals surface area contributed by atoms with E-state index in [4.69, 9.17) is 5.73 Å². The number of hydrogen-bond acceptors (Lipinski definition) is 3. The molecule has 1 aromatic heterocycles. The summed E-state index contributed by atoms with van der Waals surface area (Å²) in [6, 6.07) is 3.46. The van der Waals surface area contributed by atoms with Crippen LogP contribution < -0.4 is 5.73 Å². The van der Waals surface area contributed by atoms with Crippen molar-refractivity contribution < 1.29 is 0 Å². The zero-order valence-electron chi connectivity index (χ0n) is 11.9. The number of thiophene rings is 1. The minimum atomic E-state index is 0.534. The Morgan fingerprint density at radius 2 is 2.28 bits per heavy atom. The van der Waals surface area contributed by atoms with Crippen LogP contribution in [0.4, 0.5) is 0 Å². The lowest BCUT2D eigenvalue weighted by Gasteiger charge is -2.36. The first-order chi connectivity index (χ1) is 8.69. The predicted molar refractivity (Wildman–Crippen MR) is 80.0 cm³/mol. The second kappa shape index (κ2) is 6.18. The number of rotatable bonds is 5. The van der Waals surface area contributed by atoms with Gasteiger partial charge in [0.15, 0.2) is 0 Å². The highest BCUT2D eigenvalue weighted by molar-refractivity contribution is 7.10. The van der Waals surface area contributed by atoms with Crippen LogP contribution in [-0.4, -0.2) is 24.0 Å². The molecule has 3 unspecified atom stereocenters. The third-order valence-corrected chi connectivity index (χ3v) is 5.68. The minimum Gasteiger partial charge on any atom is -0.330 e. The fraction of sp³-hybridized carbons (Fsp3) is 0.733. The average Bonchev–Trinajstić information content (AvgIpc) is 2.98. The Morgan fingerprint density at radius 1 is 1.50 bits per heavy atom. The molecule has 0 saturated heterocycles. The molecule has 2 rings (SSSR count). The molecule has 2 nitrogen and oxygen atoms in total. The monoisotopic (exact) mass is 266 g/mol. The summed E-state index contributed by atoms with van der Waals surface area (Å²) < 4.78 is 0. The van der Waals surface area contributed by atoms with Gasteiger partial charge in [0.2, 0.25) is 0 Å². The van der Waals surface area contributed by atoms with E-state index in [0.717, 1.165) is 13.1 Å². The van der Waals surface area contributed by atoms with Crippen molar-refractivity contribution in [1.29, 1.82) is 0 Å². The summed E-state index contributed by atoms with van der Waals surface area (Å²) in [6.07, 6.45) is 3.98. The van der Waals surface area contributed by atoms with Crippen molar-refractivity contribution in [1.82, 2.24) is 4.90 Å². The van der Waals surface area contributed by atoms with Crippen LogP contribution in [0.1, 0.15) is 49.6 Å². The van der Waals surface area contributed by atoms with Gasteiger partial charge < -0.3 is 5.73 Å². The van der Waals surface area contributed by atoms with Crippen molar-refractivity contribution in [3.8, 4) is 0 Å². The highest BCUT2D eigenvalue weighted by Gasteiger charge is 2.33. The topological polar surface area (TPSA) is 29.3 Å². The van der Waals surface area contributed by atoms with Crippen LogP contribution in [0.5, 0.6) is 0 Å². The van der Waals surface area contributed by atoms with Gasteiger partial charge in [0.1, 0.15) is 0 Å². The van der Waals surface area contributed by atoms with Gasteiger partial charge in [-0.1, -0.05) is 13.3 Å². The van der Waals surface area contributed by atoms with Crippen LogP contribution in [-0.2, 0) is 0 Å². The number of aryl methyl sites for hydroxylation is 1. The standard InChI is InChI=1S/C15H26N2S/c1-4-17(14-7-5-6-13(14)10-16)12(3)15-11(2)8-9-18-15/h8-9,12-14H,4-7,10,16H2,1-3H3. The molecular formula is C15H26N2S. The van der Waals surface area contributed by atoms with Crippen molar-refractivity contribution in [2.24, 2.45) is 11.7 Å². The Bertz CT molecular complexity index is 374. The Hall–Kier alpha value is -0.380. The number of nitrogens with zero attached hydrogens (tertiary/aromatic N) is 1. The van der Waals surface area contributed by atoms with Crippen molar-refractivity contribution in [3.05, 3.63) is 21.9 Å². The molecule has 1 aliphatic rings. The number of nitrogens with two attached hydrogens (primary N) is 1. The Balaban J connectivity index is 2.15. The van der Waals surface area contributed by atoms with Crippen LogP contribution in [0.25, 0.3) is 0 Å². The lowest BCUT2D eigenvalue weighted by Crippen LogP contribution is -2.41. The van der Waals surface area contributed by atoms with Gasteiger partial charge in [-0.2, -0.15) is 0 Å². The predicted octanol–water partition coefficient (Wildman–Crippen LogP) is 3.57. The molecule has 18 heavy (non-hydrogen) atoms. The fourth-order valence-corrected chi connectivity index (χ4v) is 4.49. The minimum absolute atomic E-state index is 0.534. The summed E-state index contributed by atoms with van der Waals surface area (Å²) in [5.41, 5.74) is 7.38. The molecule has 0 amide bonds. The summed E-state index contributed by atoms with van der Waals surface area (Å²) in [5, 5.41) is 2.21. The first kappa shape index (κ1) is 14.0. The highest BCUT2D eigenvalue weighted by Crippen LogP contribution is 2.36. The zero-order valence-corrected chi connectivity index (χ0v) is 12.7. The van der Waals surface area contributed by atoms with Gasteiger partial charge in [-0.05, 0) is 62.7 Å². The third kappa shape index (κ3) is 2.63. The fourth-order valence-electron chi connectivity index (χ4n) is 3.49. The maximum Gasteiger partial charge on any atom is 0.0418 e. The van der Waals surface area contributed by atoms with Gasteiger partial charge in [0, 0.05) is 17.0 Å². The van der Waals surface area contributed by atoms with Crippen LogP contribution in [0.2, 0.25) is 0 Å². The SMILES string of the molecule is CCN(C(C)c1sccc1C)C1CCCC1CN. The molecule has 1 saturated carbocycles. The van der Waals surface area contributed by atoms with Crippen LogP contribution in [0.3, 0.4) is 0 Å². The van der Waals surface area contributed by atoms with E-state index in [0.29, 0.717) is 18.0 Å². The molecule has 1 aliphatic carbocycles. The average molecular weight is 266 g/mol. The summed E-state index contributed by atoms with van der Waals surface area (Å²) in [7, 11) is 0. The van der Waals surface area contributed by atoms with E-state index < -0.39 is 0 Å². The first-order valence-corrected chi connectivity index (χ1v) is 8.06. The summed E-state index contributed by atoms with van der Waals surface area (Å²) >= 11 is 1.90. The molecule has 0 radical (unpaired) electrons. The molecule has 1 heterocycles. The zero-order chi connectivity index (χ0) is 13.1. The van der Waals surface area contributed by atoms with E-state index in [2.05, 4.69) is 37.1 Å². The maximum absolute atomic E-state index is 5.94. The molecule has 102 valence electrons. The van der Waals surface area contributed by atoms with E-state index in [1.54, 1.807) is 0 Å². The van der Waals surface area contributed by atoms with Gasteiger partial charge in [0.05, 0.1) is 0 Å². The van der Waals surface area contributed by atoms with Gasteiger partial charge >= 0.3 is 0 Å². The Labute approximate surface area is 115 Å². The molecule has 0 bridgehead atoms. The smallest absolute Gasteiger partial charge is 0.0418 e. The Morgan fingerprint density at radius 3 is 2.83 bits per heavy atom. The normalized spacial score (nSPS) is 25.8. The molecule has 0 aliphatic heterocycles. The van der Waals surface area contributed by atoms with Gasteiger partial charge in [-0.25, -0.2) is 0 Å². The van der Waals surface area contributed by atoms with E-state index in [1.165, 1.54) is 29.7 Å². The van der Waals surface area contributed by atoms with Gasteiger partial charge in [-0.15, -0.1) is 11.3 Å². The van der Waals surface area contributed by atoms with E-state index in [-0.39, 0.29) is 0 Å². The quantitative estimate of drug-likeness (QED) is 0.883. The van der Waals surface area contributed by atoms with Crippen LogP contribution in [0.15, 0.2) is 11.4 Å². The lowest BCUT2D eigenvalue weighted by molar-refractivity contribution is 0.125. The Kier molecular flexibility index (Phi) is 4.82. The molecule has 3 heteroatoms. The summed E-state index contributed by atoms with van der Waals surface area (Å²) in [5.74, 6) is 0.702. The second-order valence-corrected chi connectivity index (χ2v) is 6.42. The number of hydrogen-bond donors (Lipinski definition) is 1. The first-order valence-electron chi connectivity index (χ1n) is 7.18. The molecule has 2 N–H and O–H groups in total. The van der Waals surface area contributed by atoms with Gasteiger partial charge in [0.25, 0.3) is 0 Å². The van der Waals surface area contributed by atoms with Crippen molar-refractivity contribution >= 4 is 11.3 Å². The molecule has 0 aromatic carbocycles. The second-order valence-electron chi connectivity index (χ2n) is 5.47. The van der Waals surface area contributed by atoms with Crippen molar-refractivity contribution in [2.75, 3.05) is 13.1 Å². The van der Waals surface area contributed by atoms with Crippen LogP contribution in [0, 0.1) is 12.8 Å². The summed E-state index contributed by atoms with van der Waals surface area (Å²) in [4.78, 5) is 4.20. The van der Waals surface area contributed by atoms with Crippen molar-refractivity contribution in [2.45, 2.75) is 52.1 Å². The molecule has 0 spiro atoms. The van der Waals surface area contributed by atoms with E-state index >= 15 is 0 Å². The molecule has 3 atom stereocenters. The summed E-state index contributed by atoms with van der Waals surface area (Å²) in [6.45, 7) is 8.84. The molecule has 1 fully saturated rings. The molecular weight excluding hydrogens is 240 g/mol. The van der Waals surface area contributed by atoms with Crippen LogP contribution >= 0.6 is 11.3 Å². The van der Waals surface area contributed by atoms with E-state index in [1.807, 2.05) is 11.3 Å². The molecule has 1 aromatic rings. The van der Waals surface area contributed by atoms with Crippen molar-refractivity contribution in [3.63, 3.8) is 0 Å².